The molecule has 1 saturated carbocycles. The Morgan fingerprint density at radius 3 is 2.44 bits per heavy atom. The zero-order valence-corrected chi connectivity index (χ0v) is 15.4. The van der Waals surface area contributed by atoms with E-state index < -0.39 is 8.07 Å². The SMILES string of the molecule is C=C(C(=O)C[C@H]1/C(=C(/C)I)CC[C@@H]1C)[Si](C)(C)C. The minimum absolute atomic E-state index is 0.308. The number of ketones is 1. The van der Waals surface area contributed by atoms with Crippen LogP contribution in [0.25, 0.3) is 0 Å². The minimum atomic E-state index is -1.53. The van der Waals surface area contributed by atoms with Gasteiger partial charge in [0.05, 0.1) is 8.07 Å². The Balaban J connectivity index is 2.81. The molecule has 18 heavy (non-hydrogen) atoms. The van der Waals surface area contributed by atoms with Crippen molar-refractivity contribution >= 4 is 36.4 Å². The number of halogens is 1. The maximum Gasteiger partial charge on any atom is 0.154 e. The maximum absolute atomic E-state index is 12.4. The summed E-state index contributed by atoms with van der Waals surface area (Å²) in [6.45, 7) is 15.1. The van der Waals surface area contributed by atoms with E-state index in [1.807, 2.05) is 0 Å². The van der Waals surface area contributed by atoms with Gasteiger partial charge in [0.25, 0.3) is 0 Å². The molecule has 1 fully saturated rings. The number of allylic oxidation sites excluding steroid dienone is 3. The topological polar surface area (TPSA) is 17.1 Å². The first-order valence-electron chi connectivity index (χ1n) is 6.72. The van der Waals surface area contributed by atoms with Gasteiger partial charge >= 0.3 is 0 Å². The zero-order chi connectivity index (χ0) is 14.1. The van der Waals surface area contributed by atoms with Crippen LogP contribution in [-0.2, 0) is 4.79 Å². The average Bonchev–Trinajstić information content (AvgIpc) is 2.58. The number of carbonyl (C=O) groups excluding carboxylic acids is 1. The first kappa shape index (κ1) is 16.2. The van der Waals surface area contributed by atoms with Gasteiger partial charge in [-0.2, -0.15) is 0 Å². The Labute approximate surface area is 126 Å². The van der Waals surface area contributed by atoms with Crippen molar-refractivity contribution in [1.29, 1.82) is 0 Å². The lowest BCUT2D eigenvalue weighted by Crippen LogP contribution is -2.30. The Kier molecular flexibility index (Phi) is 5.41. The molecule has 0 saturated heterocycles. The lowest BCUT2D eigenvalue weighted by Gasteiger charge is -2.22. The van der Waals surface area contributed by atoms with Gasteiger partial charge in [0.2, 0.25) is 0 Å². The number of hydrogen-bond acceptors (Lipinski definition) is 1. The molecule has 2 atom stereocenters. The monoisotopic (exact) mass is 376 g/mol. The molecule has 102 valence electrons. The molecule has 1 aliphatic carbocycles. The highest BCUT2D eigenvalue weighted by Crippen LogP contribution is 2.42. The second-order valence-corrected chi connectivity index (χ2v) is 13.3. The van der Waals surface area contributed by atoms with E-state index in [1.54, 1.807) is 0 Å². The average molecular weight is 376 g/mol. The van der Waals surface area contributed by atoms with Crippen LogP contribution in [0.4, 0.5) is 0 Å². The van der Waals surface area contributed by atoms with Crippen LogP contribution in [0.1, 0.15) is 33.1 Å². The van der Waals surface area contributed by atoms with Crippen molar-refractivity contribution in [2.75, 3.05) is 0 Å². The van der Waals surface area contributed by atoms with Gasteiger partial charge in [-0.15, -0.1) is 0 Å². The van der Waals surface area contributed by atoms with Crippen molar-refractivity contribution in [2.45, 2.75) is 52.8 Å². The molecular weight excluding hydrogens is 351 g/mol. The van der Waals surface area contributed by atoms with Crippen LogP contribution in [0.5, 0.6) is 0 Å². The molecule has 1 rings (SSSR count). The highest BCUT2D eigenvalue weighted by atomic mass is 127. The smallest absolute Gasteiger partial charge is 0.154 e. The van der Waals surface area contributed by atoms with Crippen molar-refractivity contribution in [1.82, 2.24) is 0 Å². The molecule has 0 radical (unpaired) electrons. The third-order valence-corrected chi connectivity index (χ3v) is 6.88. The Morgan fingerprint density at radius 1 is 1.44 bits per heavy atom. The van der Waals surface area contributed by atoms with Crippen LogP contribution in [0, 0.1) is 11.8 Å². The molecule has 0 aromatic carbocycles. The molecular formula is C15H25IOSi. The van der Waals surface area contributed by atoms with Crippen molar-refractivity contribution < 1.29 is 4.79 Å². The highest BCUT2D eigenvalue weighted by molar-refractivity contribution is 14.1. The largest absolute Gasteiger partial charge is 0.295 e. The molecule has 0 aromatic rings. The lowest BCUT2D eigenvalue weighted by atomic mass is 9.89. The van der Waals surface area contributed by atoms with E-state index in [1.165, 1.54) is 22.0 Å². The van der Waals surface area contributed by atoms with Crippen molar-refractivity contribution in [3.8, 4) is 0 Å². The van der Waals surface area contributed by atoms with E-state index >= 15 is 0 Å². The molecule has 0 aliphatic heterocycles. The molecule has 0 spiro atoms. The predicted octanol–water partition coefficient (Wildman–Crippen LogP) is 5.13. The number of Topliss-reactive ketones (excluding diaryl/α,β-unsaturated/α-hetero) is 1. The standard InChI is InChI=1S/C15H25IOSi/c1-10-7-8-13(11(2)16)14(10)9-15(17)12(3)18(4,5)6/h10,14H,3,7-9H2,1-2,4-6H3/b13-11-/t10-,14+/m0/s1. The normalized spacial score (nSPS) is 27.2. The molecule has 0 amide bonds. The Bertz CT molecular complexity index is 386. The zero-order valence-electron chi connectivity index (χ0n) is 12.3. The molecule has 0 N–H and O–H groups in total. The summed E-state index contributed by atoms with van der Waals surface area (Å²) in [5.74, 6) is 1.41. The molecule has 1 aliphatic rings. The van der Waals surface area contributed by atoms with Crippen LogP contribution in [0.2, 0.25) is 19.6 Å². The molecule has 0 aromatic heterocycles. The van der Waals surface area contributed by atoms with Crippen LogP contribution < -0.4 is 0 Å². The second-order valence-electron chi connectivity index (χ2n) is 6.54. The van der Waals surface area contributed by atoms with Crippen LogP contribution >= 0.6 is 22.6 Å². The third-order valence-electron chi connectivity index (χ3n) is 4.09. The summed E-state index contributed by atoms with van der Waals surface area (Å²) in [6, 6.07) is 0. The fourth-order valence-electron chi connectivity index (χ4n) is 2.61. The summed E-state index contributed by atoms with van der Waals surface area (Å²) < 4.78 is 1.38. The minimum Gasteiger partial charge on any atom is -0.295 e. The summed E-state index contributed by atoms with van der Waals surface area (Å²) in [5, 5.41) is 0.909. The summed E-state index contributed by atoms with van der Waals surface area (Å²) >= 11 is 2.40. The van der Waals surface area contributed by atoms with E-state index in [-0.39, 0.29) is 0 Å². The fourth-order valence-corrected chi connectivity index (χ4v) is 4.21. The van der Waals surface area contributed by atoms with Gasteiger partial charge in [-0.1, -0.05) is 38.7 Å². The van der Waals surface area contributed by atoms with Gasteiger partial charge in [0, 0.05) is 6.42 Å². The van der Waals surface area contributed by atoms with Gasteiger partial charge in [-0.25, -0.2) is 0 Å². The molecule has 0 heterocycles. The molecule has 1 nitrogen and oxygen atoms in total. The summed E-state index contributed by atoms with van der Waals surface area (Å²) in [4.78, 5) is 12.4. The van der Waals surface area contributed by atoms with Crippen molar-refractivity contribution in [2.24, 2.45) is 11.8 Å². The highest BCUT2D eigenvalue weighted by Gasteiger charge is 2.33. The first-order chi connectivity index (χ1) is 8.14. The van der Waals surface area contributed by atoms with Crippen LogP contribution in [-0.4, -0.2) is 13.9 Å². The fraction of sp³-hybridized carbons (Fsp3) is 0.667. The number of carbonyl (C=O) groups is 1. The summed E-state index contributed by atoms with van der Waals surface area (Å²) in [7, 11) is -1.53. The van der Waals surface area contributed by atoms with E-state index in [4.69, 9.17) is 0 Å². The van der Waals surface area contributed by atoms with E-state index in [2.05, 4.69) is 62.7 Å². The van der Waals surface area contributed by atoms with Crippen LogP contribution in [0.15, 0.2) is 20.9 Å². The van der Waals surface area contributed by atoms with Crippen molar-refractivity contribution in [3.63, 3.8) is 0 Å². The lowest BCUT2D eigenvalue weighted by molar-refractivity contribution is -0.115. The van der Waals surface area contributed by atoms with E-state index in [0.29, 0.717) is 24.0 Å². The summed E-state index contributed by atoms with van der Waals surface area (Å²) in [5.41, 5.74) is 1.51. The van der Waals surface area contributed by atoms with Crippen molar-refractivity contribution in [3.05, 3.63) is 20.9 Å². The predicted molar refractivity (Wildman–Crippen MR) is 90.7 cm³/mol. The Hall–Kier alpha value is 0.0969. The van der Waals surface area contributed by atoms with Gasteiger partial charge < -0.3 is 0 Å². The number of rotatable bonds is 4. The first-order valence-corrected chi connectivity index (χ1v) is 11.3. The van der Waals surface area contributed by atoms with Crippen LogP contribution in [0.3, 0.4) is 0 Å². The third kappa shape index (κ3) is 3.79. The van der Waals surface area contributed by atoms with Gasteiger partial charge in [0.1, 0.15) is 0 Å². The Morgan fingerprint density at radius 2 is 2.00 bits per heavy atom. The van der Waals surface area contributed by atoms with E-state index in [9.17, 15) is 4.79 Å². The summed E-state index contributed by atoms with van der Waals surface area (Å²) in [6.07, 6.45) is 3.08. The molecule has 3 heteroatoms. The second kappa shape index (κ2) is 6.03. The van der Waals surface area contributed by atoms with Gasteiger partial charge in [0.15, 0.2) is 5.78 Å². The maximum atomic E-state index is 12.4. The van der Waals surface area contributed by atoms with Gasteiger partial charge in [-0.05, 0) is 63.0 Å². The van der Waals surface area contributed by atoms with Gasteiger partial charge in [-0.3, -0.25) is 4.79 Å². The molecule has 0 unspecified atom stereocenters. The quantitative estimate of drug-likeness (QED) is 0.377. The molecule has 0 bridgehead atoms. The number of hydrogen-bond donors (Lipinski definition) is 0. The van der Waals surface area contributed by atoms with E-state index in [0.717, 1.165) is 5.20 Å².